The van der Waals surface area contributed by atoms with E-state index in [1.807, 2.05) is 0 Å². The Hall–Kier alpha value is -1.55. The van der Waals surface area contributed by atoms with Crippen molar-refractivity contribution >= 4 is 17.3 Å². The van der Waals surface area contributed by atoms with Crippen LogP contribution in [-0.2, 0) is 6.54 Å². The molecule has 15 heavy (non-hydrogen) atoms. The molecule has 0 bridgehead atoms. The van der Waals surface area contributed by atoms with E-state index in [-0.39, 0.29) is 5.82 Å². The standard InChI is InChI=1S/C10H9ClFN3/c11-8-2-1-7(10(12)3-8)5-15-6-9(13)4-14-15/h1-4,6H,5,13H2. The molecule has 0 fully saturated rings. The summed E-state index contributed by atoms with van der Waals surface area (Å²) in [5, 5.41) is 4.35. The summed E-state index contributed by atoms with van der Waals surface area (Å²) in [6.07, 6.45) is 3.17. The van der Waals surface area contributed by atoms with Gasteiger partial charge in [-0.15, -0.1) is 0 Å². The molecule has 2 aromatic rings. The Morgan fingerprint density at radius 1 is 1.47 bits per heavy atom. The lowest BCUT2D eigenvalue weighted by Crippen LogP contribution is -2.02. The van der Waals surface area contributed by atoms with Gasteiger partial charge in [-0.05, 0) is 12.1 Å². The molecule has 0 radical (unpaired) electrons. The van der Waals surface area contributed by atoms with E-state index in [1.54, 1.807) is 23.0 Å². The molecule has 2 N–H and O–H groups in total. The number of nitrogens with zero attached hydrogens (tertiary/aromatic N) is 2. The van der Waals surface area contributed by atoms with Crippen LogP contribution in [0, 0.1) is 5.82 Å². The van der Waals surface area contributed by atoms with Crippen molar-refractivity contribution in [3.05, 3.63) is 47.0 Å². The van der Waals surface area contributed by atoms with Crippen LogP contribution < -0.4 is 5.73 Å². The summed E-state index contributed by atoms with van der Waals surface area (Å²) in [6, 6.07) is 4.56. The normalized spacial score (nSPS) is 10.5. The highest BCUT2D eigenvalue weighted by Crippen LogP contribution is 2.15. The van der Waals surface area contributed by atoms with Gasteiger partial charge in [0.2, 0.25) is 0 Å². The van der Waals surface area contributed by atoms with Crippen LogP contribution in [0.4, 0.5) is 10.1 Å². The number of nitrogen functional groups attached to an aromatic ring is 1. The smallest absolute Gasteiger partial charge is 0.129 e. The third-order valence-electron chi connectivity index (χ3n) is 2.00. The fraction of sp³-hybridized carbons (Fsp3) is 0.100. The maximum absolute atomic E-state index is 13.4. The van der Waals surface area contributed by atoms with E-state index in [4.69, 9.17) is 17.3 Å². The summed E-state index contributed by atoms with van der Waals surface area (Å²) in [5.41, 5.74) is 6.59. The Kier molecular flexibility index (Phi) is 2.60. The number of benzene rings is 1. The molecule has 0 aliphatic heterocycles. The molecule has 3 nitrogen and oxygen atoms in total. The lowest BCUT2D eigenvalue weighted by atomic mass is 10.2. The van der Waals surface area contributed by atoms with E-state index in [9.17, 15) is 4.39 Å². The molecule has 1 heterocycles. The Bertz CT molecular complexity index is 481. The van der Waals surface area contributed by atoms with Gasteiger partial charge in [-0.25, -0.2) is 4.39 Å². The van der Waals surface area contributed by atoms with Gasteiger partial charge in [-0.1, -0.05) is 17.7 Å². The predicted octanol–water partition coefficient (Wildman–Crippen LogP) is 2.31. The van der Waals surface area contributed by atoms with Gasteiger partial charge in [0.05, 0.1) is 18.4 Å². The minimum Gasteiger partial charge on any atom is -0.396 e. The molecule has 2 rings (SSSR count). The van der Waals surface area contributed by atoms with Crippen molar-refractivity contribution in [2.75, 3.05) is 5.73 Å². The van der Waals surface area contributed by atoms with Crippen molar-refractivity contribution < 1.29 is 4.39 Å². The predicted molar refractivity (Wildman–Crippen MR) is 57.2 cm³/mol. The lowest BCUT2D eigenvalue weighted by molar-refractivity contribution is 0.585. The highest BCUT2D eigenvalue weighted by molar-refractivity contribution is 6.30. The van der Waals surface area contributed by atoms with Gasteiger partial charge in [0, 0.05) is 16.8 Å². The summed E-state index contributed by atoms with van der Waals surface area (Å²) >= 11 is 5.64. The fourth-order valence-electron chi connectivity index (χ4n) is 1.29. The molecule has 0 spiro atoms. The van der Waals surface area contributed by atoms with Crippen molar-refractivity contribution in [3.63, 3.8) is 0 Å². The third-order valence-corrected chi connectivity index (χ3v) is 2.24. The third kappa shape index (κ3) is 2.27. The Morgan fingerprint density at radius 2 is 2.27 bits per heavy atom. The number of halogens is 2. The topological polar surface area (TPSA) is 43.8 Å². The van der Waals surface area contributed by atoms with Crippen LogP contribution in [0.2, 0.25) is 5.02 Å². The molecule has 1 aromatic carbocycles. The number of hydrogen-bond acceptors (Lipinski definition) is 2. The van der Waals surface area contributed by atoms with E-state index in [0.29, 0.717) is 22.8 Å². The molecule has 5 heteroatoms. The van der Waals surface area contributed by atoms with E-state index >= 15 is 0 Å². The van der Waals surface area contributed by atoms with Gasteiger partial charge in [0.15, 0.2) is 0 Å². The summed E-state index contributed by atoms with van der Waals surface area (Å²) in [4.78, 5) is 0. The van der Waals surface area contributed by atoms with E-state index in [2.05, 4.69) is 5.10 Å². The van der Waals surface area contributed by atoms with Gasteiger partial charge in [-0.2, -0.15) is 5.10 Å². The Labute approximate surface area is 91.3 Å². The van der Waals surface area contributed by atoms with Crippen molar-refractivity contribution in [1.82, 2.24) is 9.78 Å². The zero-order chi connectivity index (χ0) is 10.8. The minimum absolute atomic E-state index is 0.337. The van der Waals surface area contributed by atoms with Crippen LogP contribution in [-0.4, -0.2) is 9.78 Å². The summed E-state index contributed by atoms with van der Waals surface area (Å²) in [5.74, 6) is -0.337. The highest BCUT2D eigenvalue weighted by atomic mass is 35.5. The number of aromatic nitrogens is 2. The minimum atomic E-state index is -0.337. The first-order valence-corrected chi connectivity index (χ1v) is 4.75. The first-order valence-electron chi connectivity index (χ1n) is 4.37. The quantitative estimate of drug-likeness (QED) is 0.853. The maximum atomic E-state index is 13.4. The van der Waals surface area contributed by atoms with E-state index in [1.165, 1.54) is 12.3 Å². The van der Waals surface area contributed by atoms with Crippen LogP contribution in [0.15, 0.2) is 30.6 Å². The van der Waals surface area contributed by atoms with Gasteiger partial charge < -0.3 is 5.73 Å². The molecule has 0 aliphatic rings. The van der Waals surface area contributed by atoms with Gasteiger partial charge in [-0.3, -0.25) is 4.68 Å². The number of nitrogens with two attached hydrogens (primary N) is 1. The van der Waals surface area contributed by atoms with Crippen LogP contribution in [0.25, 0.3) is 0 Å². The zero-order valence-corrected chi connectivity index (χ0v) is 8.58. The number of anilines is 1. The molecule has 0 amide bonds. The van der Waals surface area contributed by atoms with E-state index in [0.717, 1.165) is 0 Å². The molecule has 1 aromatic heterocycles. The van der Waals surface area contributed by atoms with Gasteiger partial charge in [0.25, 0.3) is 0 Å². The average Bonchev–Trinajstić information content (AvgIpc) is 2.56. The second-order valence-electron chi connectivity index (χ2n) is 3.21. The highest BCUT2D eigenvalue weighted by Gasteiger charge is 2.04. The van der Waals surface area contributed by atoms with Crippen molar-refractivity contribution in [2.24, 2.45) is 0 Å². The maximum Gasteiger partial charge on any atom is 0.129 e. The molecule has 0 saturated heterocycles. The molecule has 78 valence electrons. The van der Waals surface area contributed by atoms with Gasteiger partial charge in [0.1, 0.15) is 5.82 Å². The molecular weight excluding hydrogens is 217 g/mol. The summed E-state index contributed by atoms with van der Waals surface area (Å²) in [7, 11) is 0. The Morgan fingerprint density at radius 3 is 2.87 bits per heavy atom. The van der Waals surface area contributed by atoms with Crippen molar-refractivity contribution in [2.45, 2.75) is 6.54 Å². The molecule has 0 aliphatic carbocycles. The van der Waals surface area contributed by atoms with Crippen LogP contribution in [0.3, 0.4) is 0 Å². The largest absolute Gasteiger partial charge is 0.396 e. The van der Waals surface area contributed by atoms with Gasteiger partial charge >= 0.3 is 0 Å². The monoisotopic (exact) mass is 225 g/mol. The van der Waals surface area contributed by atoms with Crippen LogP contribution >= 0.6 is 11.6 Å². The van der Waals surface area contributed by atoms with Crippen LogP contribution in [0.1, 0.15) is 5.56 Å². The van der Waals surface area contributed by atoms with Crippen molar-refractivity contribution in [1.29, 1.82) is 0 Å². The average molecular weight is 226 g/mol. The molecule has 0 unspecified atom stereocenters. The first-order chi connectivity index (χ1) is 7.15. The molecular formula is C10H9ClFN3. The van der Waals surface area contributed by atoms with E-state index < -0.39 is 0 Å². The molecule has 0 atom stereocenters. The SMILES string of the molecule is Nc1cnn(Cc2ccc(Cl)cc2F)c1. The summed E-state index contributed by atoms with van der Waals surface area (Å²) in [6.45, 7) is 0.347. The summed E-state index contributed by atoms with van der Waals surface area (Å²) < 4.78 is 15.0. The number of hydrogen-bond donors (Lipinski definition) is 1. The first kappa shape index (κ1) is 9.98. The van der Waals surface area contributed by atoms with Crippen LogP contribution in [0.5, 0.6) is 0 Å². The lowest BCUT2D eigenvalue weighted by Gasteiger charge is -2.03. The van der Waals surface area contributed by atoms with Crippen molar-refractivity contribution in [3.8, 4) is 0 Å². The fourth-order valence-corrected chi connectivity index (χ4v) is 1.45. The second-order valence-corrected chi connectivity index (χ2v) is 3.64. The molecule has 0 saturated carbocycles. The second kappa shape index (κ2) is 3.90. The Balaban J connectivity index is 2.24. The number of rotatable bonds is 2. The zero-order valence-electron chi connectivity index (χ0n) is 7.82.